The van der Waals surface area contributed by atoms with Crippen molar-refractivity contribution in [1.29, 1.82) is 0 Å². The maximum atomic E-state index is 12.6. The Kier molecular flexibility index (Phi) is 3.85. The molecule has 0 saturated heterocycles. The molecule has 5 rings (SSSR count). The van der Waals surface area contributed by atoms with E-state index in [4.69, 9.17) is 0 Å². The Morgan fingerprint density at radius 3 is 2.89 bits per heavy atom. The first-order valence-corrected chi connectivity index (χ1v) is 9.31. The van der Waals surface area contributed by atoms with E-state index < -0.39 is 0 Å². The van der Waals surface area contributed by atoms with Crippen LogP contribution in [0.15, 0.2) is 67.2 Å². The van der Waals surface area contributed by atoms with Crippen LogP contribution >= 0.6 is 0 Å². The van der Waals surface area contributed by atoms with E-state index in [1.807, 2.05) is 30.6 Å². The first-order chi connectivity index (χ1) is 13.3. The van der Waals surface area contributed by atoms with E-state index in [-0.39, 0.29) is 11.8 Å². The number of carbonyl (C=O) groups excluding carboxylic acids is 1. The Balaban J connectivity index is 1.32. The molecule has 1 fully saturated rings. The molecule has 5 heteroatoms. The van der Waals surface area contributed by atoms with Gasteiger partial charge in [0.2, 0.25) is 5.91 Å². The van der Waals surface area contributed by atoms with Crippen LogP contribution in [-0.4, -0.2) is 21.1 Å². The molecule has 134 valence electrons. The molecule has 1 aromatic carbocycles. The lowest BCUT2D eigenvalue weighted by molar-refractivity contribution is -0.117. The molecular formula is C22H20N4O. The second-order valence-electron chi connectivity index (χ2n) is 7.33. The molecule has 1 unspecified atom stereocenters. The van der Waals surface area contributed by atoms with Crippen molar-refractivity contribution >= 4 is 22.5 Å². The van der Waals surface area contributed by atoms with Gasteiger partial charge in [0.05, 0.1) is 6.20 Å². The Hall–Kier alpha value is -3.21. The maximum absolute atomic E-state index is 12.6. The molecule has 1 amide bonds. The van der Waals surface area contributed by atoms with Crippen molar-refractivity contribution in [2.24, 2.45) is 17.8 Å². The zero-order chi connectivity index (χ0) is 18.2. The number of hydrogen-bond donors (Lipinski definition) is 2. The minimum absolute atomic E-state index is 0.0841. The lowest BCUT2D eigenvalue weighted by atomic mass is 9.94. The predicted molar refractivity (Wildman–Crippen MR) is 106 cm³/mol. The van der Waals surface area contributed by atoms with Gasteiger partial charge in [0.15, 0.2) is 0 Å². The van der Waals surface area contributed by atoms with Crippen molar-refractivity contribution < 1.29 is 4.79 Å². The van der Waals surface area contributed by atoms with E-state index in [9.17, 15) is 4.79 Å². The third kappa shape index (κ3) is 3.16. The molecule has 2 N–H and O–H groups in total. The number of amides is 1. The average Bonchev–Trinajstić information content (AvgIpc) is 3.33. The number of aromatic nitrogens is 3. The number of anilines is 1. The Morgan fingerprint density at radius 1 is 1.11 bits per heavy atom. The molecule has 0 radical (unpaired) electrons. The van der Waals surface area contributed by atoms with Gasteiger partial charge in [-0.3, -0.25) is 9.89 Å². The van der Waals surface area contributed by atoms with Crippen molar-refractivity contribution in [3.8, 4) is 11.1 Å². The number of benzene rings is 1. The van der Waals surface area contributed by atoms with E-state index in [2.05, 4.69) is 50.9 Å². The molecule has 0 aliphatic heterocycles. The van der Waals surface area contributed by atoms with Crippen LogP contribution in [0.2, 0.25) is 0 Å². The molecule has 2 aliphatic rings. The van der Waals surface area contributed by atoms with Gasteiger partial charge in [0.1, 0.15) is 5.82 Å². The second-order valence-corrected chi connectivity index (χ2v) is 7.33. The number of fused-ring (bicyclic) bond motifs is 1. The van der Waals surface area contributed by atoms with Gasteiger partial charge >= 0.3 is 0 Å². The number of aromatic amines is 1. The largest absolute Gasteiger partial charge is 0.310 e. The number of nitrogens with one attached hydrogen (secondary N) is 2. The Bertz CT molecular complexity index is 1050. The summed E-state index contributed by atoms with van der Waals surface area (Å²) in [5, 5.41) is 11.9. The molecule has 1 saturated carbocycles. The number of allylic oxidation sites excluding steroid dienone is 4. The molecular weight excluding hydrogens is 336 g/mol. The summed E-state index contributed by atoms with van der Waals surface area (Å²) in [7, 11) is 0. The second kappa shape index (κ2) is 6.50. The van der Waals surface area contributed by atoms with Crippen LogP contribution in [0.1, 0.15) is 12.8 Å². The summed E-state index contributed by atoms with van der Waals surface area (Å²) < 4.78 is 0. The summed E-state index contributed by atoms with van der Waals surface area (Å²) >= 11 is 0. The van der Waals surface area contributed by atoms with E-state index in [1.165, 1.54) is 0 Å². The lowest BCUT2D eigenvalue weighted by Gasteiger charge is -2.12. The summed E-state index contributed by atoms with van der Waals surface area (Å²) in [5.74, 6) is 1.75. The van der Waals surface area contributed by atoms with Gasteiger partial charge in [-0.2, -0.15) is 5.10 Å². The van der Waals surface area contributed by atoms with E-state index in [0.717, 1.165) is 34.7 Å². The smallest absolute Gasteiger partial charge is 0.228 e. The fourth-order valence-corrected chi connectivity index (χ4v) is 3.92. The van der Waals surface area contributed by atoms with Crippen molar-refractivity contribution in [2.75, 3.05) is 5.32 Å². The summed E-state index contributed by atoms with van der Waals surface area (Å²) in [4.78, 5) is 17.0. The highest BCUT2D eigenvalue weighted by Gasteiger charge is 2.46. The lowest BCUT2D eigenvalue weighted by Crippen LogP contribution is -2.17. The normalized spacial score (nSPS) is 23.5. The topological polar surface area (TPSA) is 70.7 Å². The average molecular weight is 356 g/mol. The highest BCUT2D eigenvalue weighted by atomic mass is 16.2. The number of pyridine rings is 1. The van der Waals surface area contributed by atoms with Gasteiger partial charge in [-0.15, -0.1) is 0 Å². The number of hydrogen-bond acceptors (Lipinski definition) is 3. The fraction of sp³-hybridized carbons (Fsp3) is 0.227. The molecule has 2 aromatic heterocycles. The van der Waals surface area contributed by atoms with Crippen molar-refractivity contribution in [3.63, 3.8) is 0 Å². The summed E-state index contributed by atoms with van der Waals surface area (Å²) in [6.45, 7) is 0. The zero-order valence-corrected chi connectivity index (χ0v) is 14.8. The summed E-state index contributed by atoms with van der Waals surface area (Å²) in [5.41, 5.74) is 2.12. The highest BCUT2D eigenvalue weighted by molar-refractivity contribution is 5.96. The zero-order valence-electron chi connectivity index (χ0n) is 14.8. The Labute approximate surface area is 157 Å². The summed E-state index contributed by atoms with van der Waals surface area (Å²) in [6, 6.07) is 8.12. The number of nitrogens with zero attached hydrogens (tertiary/aromatic N) is 2. The summed E-state index contributed by atoms with van der Waals surface area (Å²) in [6.07, 6.45) is 16.0. The monoisotopic (exact) mass is 356 g/mol. The standard InChI is InChI=1S/C22H20N4O/c27-22(20-10-19(20)14-4-2-1-3-5-14)26-21-9-17-8-15(18-12-24-25-13-18)6-7-16(17)11-23-21/h1-4,6-9,11-14,19-20H,5,10H2,(H,24,25)(H,23,26,27)/t14?,19-,20+/m1/s1. The van der Waals surface area contributed by atoms with Crippen LogP contribution in [-0.2, 0) is 4.79 Å². The third-order valence-corrected chi connectivity index (χ3v) is 5.54. The molecule has 5 nitrogen and oxygen atoms in total. The van der Waals surface area contributed by atoms with Crippen LogP contribution in [0.3, 0.4) is 0 Å². The van der Waals surface area contributed by atoms with Gasteiger partial charge in [-0.05, 0) is 47.8 Å². The van der Waals surface area contributed by atoms with E-state index >= 15 is 0 Å². The molecule has 3 atom stereocenters. The first kappa shape index (κ1) is 16.0. The first-order valence-electron chi connectivity index (χ1n) is 9.31. The number of carbonyl (C=O) groups is 1. The molecule has 2 heterocycles. The SMILES string of the molecule is O=C(Nc1cc2cc(-c3cn[nH]c3)ccc2cn1)[C@H]1C[C@@H]1C1C=CC=CC1. The highest BCUT2D eigenvalue weighted by Crippen LogP contribution is 2.47. The van der Waals surface area contributed by atoms with E-state index in [1.54, 1.807) is 6.20 Å². The molecule has 27 heavy (non-hydrogen) atoms. The van der Waals surface area contributed by atoms with Gasteiger partial charge in [-0.25, -0.2) is 4.98 Å². The van der Waals surface area contributed by atoms with Crippen LogP contribution in [0.5, 0.6) is 0 Å². The van der Waals surface area contributed by atoms with Crippen molar-refractivity contribution in [1.82, 2.24) is 15.2 Å². The minimum Gasteiger partial charge on any atom is -0.310 e. The van der Waals surface area contributed by atoms with E-state index in [0.29, 0.717) is 17.7 Å². The Morgan fingerprint density at radius 2 is 2.07 bits per heavy atom. The van der Waals surface area contributed by atoms with Gasteiger partial charge < -0.3 is 5.32 Å². The van der Waals surface area contributed by atoms with Crippen molar-refractivity contribution in [2.45, 2.75) is 12.8 Å². The molecule has 0 spiro atoms. The van der Waals surface area contributed by atoms with Crippen LogP contribution in [0.4, 0.5) is 5.82 Å². The van der Waals surface area contributed by atoms with Crippen LogP contribution in [0.25, 0.3) is 21.9 Å². The van der Waals surface area contributed by atoms with Crippen LogP contribution in [0, 0.1) is 17.8 Å². The minimum atomic E-state index is 0.0841. The fourth-order valence-electron chi connectivity index (χ4n) is 3.92. The molecule has 3 aromatic rings. The quantitative estimate of drug-likeness (QED) is 0.731. The number of H-pyrrole nitrogens is 1. The maximum Gasteiger partial charge on any atom is 0.228 e. The third-order valence-electron chi connectivity index (χ3n) is 5.54. The molecule has 2 aliphatic carbocycles. The van der Waals surface area contributed by atoms with Gasteiger partial charge in [0, 0.05) is 29.3 Å². The van der Waals surface area contributed by atoms with Crippen molar-refractivity contribution in [3.05, 3.63) is 67.2 Å². The number of rotatable bonds is 4. The predicted octanol–water partition coefficient (Wildman–Crippen LogP) is 4.33. The van der Waals surface area contributed by atoms with Crippen LogP contribution < -0.4 is 5.32 Å². The molecule has 0 bridgehead atoms. The van der Waals surface area contributed by atoms with Gasteiger partial charge in [-0.1, -0.05) is 36.4 Å². The van der Waals surface area contributed by atoms with Gasteiger partial charge in [0.25, 0.3) is 0 Å².